The Morgan fingerprint density at radius 2 is 1.96 bits per heavy atom. The van der Waals surface area contributed by atoms with E-state index in [-0.39, 0.29) is 11.7 Å². The molecule has 0 aliphatic heterocycles. The second-order valence-corrected chi connectivity index (χ2v) is 8.50. The lowest BCUT2D eigenvalue weighted by Gasteiger charge is -2.04. The van der Waals surface area contributed by atoms with Crippen LogP contribution in [0.15, 0.2) is 29.6 Å². The van der Waals surface area contributed by atoms with Crippen LogP contribution in [0.5, 0.6) is 0 Å². The molecule has 1 aromatic carbocycles. The second kappa shape index (κ2) is 9.07. The number of hydrogen-bond acceptors (Lipinski definition) is 5. The summed E-state index contributed by atoms with van der Waals surface area (Å²) in [6.45, 7) is 3.79. The van der Waals surface area contributed by atoms with Gasteiger partial charge in [-0.3, -0.25) is 4.79 Å². The molecule has 0 spiro atoms. The summed E-state index contributed by atoms with van der Waals surface area (Å²) in [6, 6.07) is 7.47. The van der Waals surface area contributed by atoms with Gasteiger partial charge in [0, 0.05) is 36.5 Å². The zero-order chi connectivity index (χ0) is 18.3. The normalized spacial score (nSPS) is 11.4. The largest absolute Gasteiger partial charge is 0.326 e. The third-order valence-electron chi connectivity index (χ3n) is 3.47. The van der Waals surface area contributed by atoms with Crippen LogP contribution in [0.4, 0.5) is 5.69 Å². The van der Waals surface area contributed by atoms with Crippen LogP contribution < -0.4 is 10.0 Å². The Balaban J connectivity index is 1.90. The number of thiazole rings is 1. The van der Waals surface area contributed by atoms with E-state index in [0.717, 1.165) is 28.4 Å². The van der Waals surface area contributed by atoms with E-state index < -0.39 is 10.0 Å². The van der Waals surface area contributed by atoms with Crippen molar-refractivity contribution in [1.29, 1.82) is 0 Å². The Morgan fingerprint density at radius 3 is 2.60 bits per heavy atom. The van der Waals surface area contributed by atoms with Gasteiger partial charge in [0.15, 0.2) is 0 Å². The van der Waals surface area contributed by atoms with Crippen molar-refractivity contribution in [3.05, 3.63) is 35.3 Å². The number of aromatic nitrogens is 1. The van der Waals surface area contributed by atoms with Crippen molar-refractivity contribution in [2.75, 3.05) is 17.6 Å². The number of amides is 1. The molecule has 136 valence electrons. The van der Waals surface area contributed by atoms with Gasteiger partial charge in [-0.25, -0.2) is 18.1 Å². The Kier molecular flexibility index (Phi) is 7.10. The summed E-state index contributed by atoms with van der Waals surface area (Å²) in [5.41, 5.74) is 2.58. The molecule has 0 aliphatic carbocycles. The fraction of sp³-hybridized carbons (Fsp3) is 0.412. The van der Waals surface area contributed by atoms with E-state index in [1.165, 1.54) is 18.3 Å². The quantitative estimate of drug-likeness (QED) is 0.699. The highest BCUT2D eigenvalue weighted by Gasteiger charge is 2.10. The van der Waals surface area contributed by atoms with Gasteiger partial charge in [-0.05, 0) is 30.7 Å². The summed E-state index contributed by atoms with van der Waals surface area (Å²) in [5, 5.41) is 5.54. The maximum absolute atomic E-state index is 11.8. The first-order chi connectivity index (χ1) is 11.9. The average molecular weight is 382 g/mol. The number of rotatable bonds is 9. The zero-order valence-corrected chi connectivity index (χ0v) is 16.0. The number of hydrogen-bond donors (Lipinski definition) is 2. The van der Waals surface area contributed by atoms with Gasteiger partial charge in [-0.15, -0.1) is 11.3 Å². The highest BCUT2D eigenvalue weighted by atomic mass is 32.2. The number of anilines is 1. The maximum Gasteiger partial charge on any atom is 0.221 e. The van der Waals surface area contributed by atoms with Gasteiger partial charge in [0.25, 0.3) is 0 Å². The molecule has 0 saturated carbocycles. The molecule has 0 saturated heterocycles. The number of nitrogens with one attached hydrogen (secondary N) is 2. The van der Waals surface area contributed by atoms with E-state index in [1.807, 2.05) is 36.6 Å². The van der Waals surface area contributed by atoms with Crippen molar-refractivity contribution < 1.29 is 13.2 Å². The minimum absolute atomic E-state index is 0.106. The Morgan fingerprint density at radius 1 is 1.24 bits per heavy atom. The lowest BCUT2D eigenvalue weighted by molar-refractivity contribution is -0.114. The molecule has 25 heavy (non-hydrogen) atoms. The maximum atomic E-state index is 11.8. The highest BCUT2D eigenvalue weighted by molar-refractivity contribution is 7.89. The molecule has 1 aromatic heterocycles. The van der Waals surface area contributed by atoms with Crippen molar-refractivity contribution >= 4 is 33.0 Å². The van der Waals surface area contributed by atoms with Gasteiger partial charge in [0.2, 0.25) is 15.9 Å². The van der Waals surface area contributed by atoms with Crippen molar-refractivity contribution in [3.8, 4) is 10.6 Å². The molecule has 8 heteroatoms. The van der Waals surface area contributed by atoms with Crippen molar-refractivity contribution in [3.63, 3.8) is 0 Å². The Bertz CT molecular complexity index is 799. The van der Waals surface area contributed by atoms with Crippen LogP contribution in [-0.2, 0) is 21.2 Å². The van der Waals surface area contributed by atoms with Crippen LogP contribution in [-0.4, -0.2) is 31.6 Å². The zero-order valence-electron chi connectivity index (χ0n) is 14.4. The molecule has 0 fully saturated rings. The first kappa shape index (κ1) is 19.6. The molecular formula is C17H23N3O3S2. The van der Waals surface area contributed by atoms with E-state index in [9.17, 15) is 13.2 Å². The summed E-state index contributed by atoms with van der Waals surface area (Å²) >= 11 is 1.52. The average Bonchev–Trinajstić information content (AvgIpc) is 3.02. The Labute approximate surface area is 152 Å². The second-order valence-electron chi connectivity index (χ2n) is 5.72. The summed E-state index contributed by atoms with van der Waals surface area (Å²) in [6.07, 6.45) is 2.09. The van der Waals surface area contributed by atoms with Gasteiger partial charge < -0.3 is 5.32 Å². The van der Waals surface area contributed by atoms with Gasteiger partial charge in [0.05, 0.1) is 11.4 Å². The van der Waals surface area contributed by atoms with Crippen LogP contribution in [0.25, 0.3) is 10.6 Å². The van der Waals surface area contributed by atoms with Crippen molar-refractivity contribution in [1.82, 2.24) is 9.71 Å². The molecule has 2 rings (SSSR count). The number of benzene rings is 1. The first-order valence-electron chi connectivity index (χ1n) is 8.19. The SMILES string of the molecule is CCCCS(=O)(=O)NCCc1csc(-c2ccc(NC(C)=O)cc2)n1. The van der Waals surface area contributed by atoms with Crippen LogP contribution in [0.1, 0.15) is 32.4 Å². The summed E-state index contributed by atoms with van der Waals surface area (Å²) in [4.78, 5) is 15.6. The van der Waals surface area contributed by atoms with Gasteiger partial charge in [-0.1, -0.05) is 13.3 Å². The summed E-state index contributed by atoms with van der Waals surface area (Å²) in [5.74, 6) is 0.0672. The third kappa shape index (κ3) is 6.56. The molecule has 1 amide bonds. The van der Waals surface area contributed by atoms with Crippen molar-refractivity contribution in [2.45, 2.75) is 33.1 Å². The topological polar surface area (TPSA) is 88.2 Å². The summed E-state index contributed by atoms with van der Waals surface area (Å²) in [7, 11) is -3.18. The predicted octanol–water partition coefficient (Wildman–Crippen LogP) is 3.03. The fourth-order valence-electron chi connectivity index (χ4n) is 2.19. The van der Waals surface area contributed by atoms with Crippen LogP contribution in [0.3, 0.4) is 0 Å². The number of nitrogens with zero attached hydrogens (tertiary/aromatic N) is 1. The predicted molar refractivity (Wildman–Crippen MR) is 102 cm³/mol. The van der Waals surface area contributed by atoms with Gasteiger partial charge in [-0.2, -0.15) is 0 Å². The number of sulfonamides is 1. The molecule has 0 atom stereocenters. The number of carbonyl (C=O) groups is 1. The van der Waals surface area contributed by atoms with E-state index in [1.54, 1.807) is 0 Å². The molecule has 0 bridgehead atoms. The molecular weight excluding hydrogens is 358 g/mol. The highest BCUT2D eigenvalue weighted by Crippen LogP contribution is 2.25. The van der Waals surface area contributed by atoms with E-state index in [4.69, 9.17) is 0 Å². The van der Waals surface area contributed by atoms with Crippen molar-refractivity contribution in [2.24, 2.45) is 0 Å². The lowest BCUT2D eigenvalue weighted by Crippen LogP contribution is -2.28. The fourth-order valence-corrected chi connectivity index (χ4v) is 4.28. The van der Waals surface area contributed by atoms with Crippen LogP contribution in [0.2, 0.25) is 0 Å². The minimum atomic E-state index is -3.18. The minimum Gasteiger partial charge on any atom is -0.326 e. The van der Waals surface area contributed by atoms with Crippen LogP contribution in [0, 0.1) is 0 Å². The van der Waals surface area contributed by atoms with Gasteiger partial charge in [0.1, 0.15) is 5.01 Å². The monoisotopic (exact) mass is 381 g/mol. The molecule has 0 unspecified atom stereocenters. The third-order valence-corrected chi connectivity index (χ3v) is 5.88. The van der Waals surface area contributed by atoms with E-state index in [2.05, 4.69) is 15.0 Å². The molecule has 1 heterocycles. The smallest absolute Gasteiger partial charge is 0.221 e. The summed E-state index contributed by atoms with van der Waals surface area (Å²) < 4.78 is 26.1. The molecule has 2 aromatic rings. The molecule has 0 aliphatic rings. The molecule has 2 N–H and O–H groups in total. The molecule has 6 nitrogen and oxygen atoms in total. The van der Waals surface area contributed by atoms with E-state index in [0.29, 0.717) is 19.4 Å². The number of unbranched alkanes of at least 4 members (excludes halogenated alkanes) is 1. The van der Waals surface area contributed by atoms with E-state index >= 15 is 0 Å². The number of carbonyl (C=O) groups excluding carboxylic acids is 1. The lowest BCUT2D eigenvalue weighted by atomic mass is 10.2. The van der Waals surface area contributed by atoms with Gasteiger partial charge >= 0.3 is 0 Å². The standard InChI is InChI=1S/C17H23N3O3S2/c1-3-4-11-25(22,23)18-10-9-16-12-24-17(20-16)14-5-7-15(8-6-14)19-13(2)21/h5-8,12,18H,3-4,9-11H2,1-2H3,(H,19,21). The Hall–Kier alpha value is -1.77. The van der Waals surface area contributed by atoms with Crippen LogP contribution >= 0.6 is 11.3 Å². The first-order valence-corrected chi connectivity index (χ1v) is 10.7. The molecule has 0 radical (unpaired) electrons.